The summed E-state index contributed by atoms with van der Waals surface area (Å²) in [6.07, 6.45) is 2.59. The number of fused-ring (bicyclic) bond motifs is 2. The Morgan fingerprint density at radius 3 is 1.86 bits per heavy atom. The highest BCUT2D eigenvalue weighted by molar-refractivity contribution is 7.89. The maximum absolute atomic E-state index is 13.0. The minimum absolute atomic E-state index is 0.301. The van der Waals surface area contributed by atoms with Gasteiger partial charge in [0.1, 0.15) is 4.90 Å². The lowest BCUT2D eigenvalue weighted by molar-refractivity contribution is 0.581. The molecule has 1 N–H and O–H groups in total. The SMILES string of the molecule is CCCNS(=O)(=O)c1ccccc1N1c2ccccc2CCc2ccccc21. The lowest BCUT2D eigenvalue weighted by Crippen LogP contribution is -2.26. The molecule has 3 aromatic rings. The van der Waals surface area contributed by atoms with E-state index < -0.39 is 10.0 Å². The van der Waals surface area contributed by atoms with Crippen molar-refractivity contribution >= 4 is 27.1 Å². The van der Waals surface area contributed by atoms with E-state index in [1.165, 1.54) is 11.1 Å². The largest absolute Gasteiger partial charge is 0.309 e. The van der Waals surface area contributed by atoms with E-state index in [9.17, 15) is 8.42 Å². The van der Waals surface area contributed by atoms with Gasteiger partial charge < -0.3 is 4.90 Å². The van der Waals surface area contributed by atoms with Crippen LogP contribution >= 0.6 is 0 Å². The third-order valence-electron chi connectivity index (χ3n) is 5.07. The molecule has 28 heavy (non-hydrogen) atoms. The fourth-order valence-corrected chi connectivity index (χ4v) is 5.04. The highest BCUT2D eigenvalue weighted by Crippen LogP contribution is 2.43. The summed E-state index contributed by atoms with van der Waals surface area (Å²) in [5.41, 5.74) is 5.17. The van der Waals surface area contributed by atoms with Crippen LogP contribution in [0.25, 0.3) is 0 Å². The van der Waals surface area contributed by atoms with Gasteiger partial charge in [-0.25, -0.2) is 13.1 Å². The van der Waals surface area contributed by atoms with Gasteiger partial charge in [-0.3, -0.25) is 0 Å². The van der Waals surface area contributed by atoms with E-state index >= 15 is 0 Å². The molecule has 0 saturated carbocycles. The van der Waals surface area contributed by atoms with Gasteiger partial charge >= 0.3 is 0 Å². The average molecular weight is 393 g/mol. The molecule has 1 aliphatic rings. The lowest BCUT2D eigenvalue weighted by atomic mass is 10.0. The summed E-state index contributed by atoms with van der Waals surface area (Å²) in [7, 11) is -3.61. The summed E-state index contributed by atoms with van der Waals surface area (Å²) in [6.45, 7) is 2.37. The zero-order valence-corrected chi connectivity index (χ0v) is 16.7. The number of hydrogen-bond donors (Lipinski definition) is 1. The van der Waals surface area contributed by atoms with E-state index in [0.29, 0.717) is 17.1 Å². The van der Waals surface area contributed by atoms with Gasteiger partial charge in [0, 0.05) is 17.9 Å². The van der Waals surface area contributed by atoms with Crippen molar-refractivity contribution in [2.75, 3.05) is 11.4 Å². The first-order valence-corrected chi connectivity index (χ1v) is 11.1. The molecule has 1 heterocycles. The van der Waals surface area contributed by atoms with Gasteiger partial charge in [-0.2, -0.15) is 0 Å². The summed E-state index contributed by atoms with van der Waals surface area (Å²) < 4.78 is 28.8. The van der Waals surface area contributed by atoms with Gasteiger partial charge in [0.15, 0.2) is 0 Å². The molecule has 0 radical (unpaired) electrons. The zero-order valence-electron chi connectivity index (χ0n) is 15.9. The first-order chi connectivity index (χ1) is 13.6. The van der Waals surface area contributed by atoms with Crippen molar-refractivity contribution in [3.8, 4) is 0 Å². The number of para-hydroxylation sites is 3. The standard InChI is InChI=1S/C23H24N2O2S/c1-2-17-24-28(26,27)23-14-8-7-13-22(23)25-20-11-5-3-9-18(20)15-16-19-10-4-6-12-21(19)25/h3-14,24H,2,15-17H2,1H3. The Balaban J connectivity index is 1.96. The van der Waals surface area contributed by atoms with E-state index in [-0.39, 0.29) is 0 Å². The summed E-state index contributed by atoms with van der Waals surface area (Å²) >= 11 is 0. The predicted octanol–water partition coefficient (Wildman–Crippen LogP) is 4.94. The Morgan fingerprint density at radius 1 is 0.786 bits per heavy atom. The molecule has 0 amide bonds. The second-order valence-electron chi connectivity index (χ2n) is 6.96. The number of sulfonamides is 1. The molecule has 0 atom stereocenters. The molecular weight excluding hydrogens is 368 g/mol. The number of benzene rings is 3. The number of aryl methyl sites for hydroxylation is 2. The molecule has 0 bridgehead atoms. The van der Waals surface area contributed by atoms with Gasteiger partial charge in [-0.15, -0.1) is 0 Å². The molecule has 0 saturated heterocycles. The van der Waals surface area contributed by atoms with E-state index in [4.69, 9.17) is 0 Å². The molecule has 4 rings (SSSR count). The van der Waals surface area contributed by atoms with Crippen LogP contribution in [0.1, 0.15) is 24.5 Å². The van der Waals surface area contributed by atoms with E-state index in [2.05, 4.69) is 33.9 Å². The van der Waals surface area contributed by atoms with E-state index in [0.717, 1.165) is 30.6 Å². The van der Waals surface area contributed by atoms with Crippen molar-refractivity contribution in [2.24, 2.45) is 0 Å². The third kappa shape index (κ3) is 3.43. The van der Waals surface area contributed by atoms with E-state index in [1.54, 1.807) is 12.1 Å². The molecule has 1 aliphatic heterocycles. The van der Waals surface area contributed by atoms with Gasteiger partial charge in [0.05, 0.1) is 5.69 Å². The number of rotatable bonds is 5. The number of hydrogen-bond acceptors (Lipinski definition) is 3. The third-order valence-corrected chi connectivity index (χ3v) is 6.57. The number of nitrogens with one attached hydrogen (secondary N) is 1. The molecule has 144 valence electrons. The summed E-state index contributed by atoms with van der Waals surface area (Å²) in [6, 6.07) is 23.7. The minimum Gasteiger partial charge on any atom is -0.309 e. The molecule has 3 aromatic carbocycles. The van der Waals surface area contributed by atoms with Crippen LogP contribution in [0.4, 0.5) is 17.1 Å². The van der Waals surface area contributed by atoms with Crippen molar-refractivity contribution < 1.29 is 8.42 Å². The van der Waals surface area contributed by atoms with Crippen molar-refractivity contribution in [2.45, 2.75) is 31.1 Å². The Labute approximate surface area is 166 Å². The first kappa shape index (κ1) is 18.7. The molecule has 0 unspecified atom stereocenters. The van der Waals surface area contributed by atoms with Gasteiger partial charge in [0.25, 0.3) is 0 Å². The molecule has 0 aromatic heterocycles. The van der Waals surface area contributed by atoms with Crippen LogP contribution in [-0.4, -0.2) is 15.0 Å². The molecule has 5 heteroatoms. The summed E-state index contributed by atoms with van der Waals surface area (Å²) in [4.78, 5) is 2.40. The fraction of sp³-hybridized carbons (Fsp3) is 0.217. The predicted molar refractivity (Wildman–Crippen MR) is 114 cm³/mol. The second-order valence-corrected chi connectivity index (χ2v) is 8.69. The molecular formula is C23H24N2O2S. The van der Waals surface area contributed by atoms with Crippen LogP contribution in [-0.2, 0) is 22.9 Å². The summed E-state index contributed by atoms with van der Waals surface area (Å²) in [5, 5.41) is 0. The van der Waals surface area contributed by atoms with Crippen LogP contribution in [0.2, 0.25) is 0 Å². The Morgan fingerprint density at radius 2 is 1.29 bits per heavy atom. The number of nitrogens with zero attached hydrogens (tertiary/aromatic N) is 1. The zero-order chi connectivity index (χ0) is 19.6. The molecule has 0 spiro atoms. The van der Waals surface area contributed by atoms with Gasteiger partial charge in [0.2, 0.25) is 10.0 Å². The summed E-state index contributed by atoms with van der Waals surface area (Å²) in [5.74, 6) is 0. The van der Waals surface area contributed by atoms with Crippen molar-refractivity contribution in [1.82, 2.24) is 4.72 Å². The van der Waals surface area contributed by atoms with Crippen molar-refractivity contribution in [1.29, 1.82) is 0 Å². The van der Waals surface area contributed by atoms with Gasteiger partial charge in [-0.05, 0) is 54.7 Å². The van der Waals surface area contributed by atoms with E-state index in [1.807, 2.05) is 43.3 Å². The lowest BCUT2D eigenvalue weighted by Gasteiger charge is -2.29. The Bertz CT molecular complexity index is 1050. The average Bonchev–Trinajstić information content (AvgIpc) is 2.89. The Hall–Kier alpha value is -2.63. The van der Waals surface area contributed by atoms with Crippen molar-refractivity contribution in [3.63, 3.8) is 0 Å². The molecule has 4 nitrogen and oxygen atoms in total. The topological polar surface area (TPSA) is 49.4 Å². The van der Waals surface area contributed by atoms with Crippen LogP contribution in [0.3, 0.4) is 0 Å². The normalized spacial score (nSPS) is 13.5. The maximum Gasteiger partial charge on any atom is 0.242 e. The quantitative estimate of drug-likeness (QED) is 0.669. The van der Waals surface area contributed by atoms with Crippen molar-refractivity contribution in [3.05, 3.63) is 83.9 Å². The van der Waals surface area contributed by atoms with Crippen LogP contribution in [0.15, 0.2) is 77.7 Å². The molecule has 0 fully saturated rings. The fourth-order valence-electron chi connectivity index (χ4n) is 3.72. The molecule has 0 aliphatic carbocycles. The van der Waals surface area contributed by atoms with Crippen LogP contribution in [0.5, 0.6) is 0 Å². The monoisotopic (exact) mass is 392 g/mol. The highest BCUT2D eigenvalue weighted by atomic mass is 32.2. The minimum atomic E-state index is -3.61. The van der Waals surface area contributed by atoms with Crippen LogP contribution < -0.4 is 9.62 Å². The smallest absolute Gasteiger partial charge is 0.242 e. The van der Waals surface area contributed by atoms with Gasteiger partial charge in [-0.1, -0.05) is 55.5 Å². The highest BCUT2D eigenvalue weighted by Gasteiger charge is 2.27. The second kappa shape index (κ2) is 7.78. The van der Waals surface area contributed by atoms with Crippen LogP contribution in [0, 0.1) is 0 Å². The maximum atomic E-state index is 13.0. The Kier molecular flexibility index (Phi) is 5.20. The first-order valence-electron chi connectivity index (χ1n) is 9.66. The number of anilines is 3.